The monoisotopic (exact) mass is 458 g/mol. The minimum atomic E-state index is -4.01. The van der Waals surface area contributed by atoms with E-state index in [1.165, 1.54) is 25.1 Å². The van der Waals surface area contributed by atoms with Crippen molar-refractivity contribution in [2.24, 2.45) is 0 Å². The van der Waals surface area contributed by atoms with E-state index in [1.807, 2.05) is 0 Å². The minimum absolute atomic E-state index is 0.0268. The van der Waals surface area contributed by atoms with Crippen molar-refractivity contribution in [1.82, 2.24) is 4.90 Å². The van der Waals surface area contributed by atoms with Crippen molar-refractivity contribution in [2.45, 2.75) is 16.7 Å². The van der Waals surface area contributed by atoms with Gasteiger partial charge in [0.25, 0.3) is 10.0 Å². The molecule has 0 N–H and O–H groups in total. The molecule has 1 saturated heterocycles. The first-order valence-corrected chi connectivity index (χ1v) is 12.9. The molecule has 1 aliphatic heterocycles. The summed E-state index contributed by atoms with van der Waals surface area (Å²) in [4.78, 5) is 14.3. The number of hydrogen-bond acceptors (Lipinski definition) is 7. The number of carbonyl (C=O) groups excluding carboxylic acids is 1. The second kappa shape index (κ2) is 8.33. The summed E-state index contributed by atoms with van der Waals surface area (Å²) in [7, 11) is -4.26. The lowest BCUT2D eigenvalue weighted by atomic mass is 10.2. The van der Waals surface area contributed by atoms with Gasteiger partial charge in [-0.25, -0.2) is 16.8 Å². The molecule has 11 heteroatoms. The molecule has 1 aromatic carbocycles. The fraction of sp³-hybridized carbons (Fsp3) is 0.389. The standard InChI is InChI=1S/C18H22N2O6S3/c1-19(14-9-11-28(22,23)13-14)17(21)12-20(15-6-3-4-7-16(15)26-2)29(24,25)18-8-5-10-27-18/h3-8,10,14H,9,11-13H2,1-2H3. The summed E-state index contributed by atoms with van der Waals surface area (Å²) in [5, 5.41) is 1.64. The fourth-order valence-electron chi connectivity index (χ4n) is 3.17. The Morgan fingerprint density at radius 2 is 1.97 bits per heavy atom. The van der Waals surface area contributed by atoms with Gasteiger partial charge in [-0.1, -0.05) is 18.2 Å². The topological polar surface area (TPSA) is 101 Å². The number of sulfone groups is 1. The number of carbonyl (C=O) groups is 1. The van der Waals surface area contributed by atoms with Gasteiger partial charge < -0.3 is 9.64 Å². The van der Waals surface area contributed by atoms with Crippen molar-refractivity contribution in [2.75, 3.05) is 36.5 Å². The van der Waals surface area contributed by atoms with Gasteiger partial charge in [-0.15, -0.1) is 11.3 Å². The highest BCUT2D eigenvalue weighted by Crippen LogP contribution is 2.33. The molecular weight excluding hydrogens is 436 g/mol. The Labute approximate surface area is 174 Å². The quantitative estimate of drug-likeness (QED) is 0.625. The third-order valence-electron chi connectivity index (χ3n) is 4.82. The minimum Gasteiger partial charge on any atom is -0.495 e. The van der Waals surface area contributed by atoms with E-state index >= 15 is 0 Å². The van der Waals surface area contributed by atoms with Crippen molar-refractivity contribution in [1.29, 1.82) is 0 Å². The number of anilines is 1. The molecule has 8 nitrogen and oxygen atoms in total. The number of amides is 1. The molecule has 0 radical (unpaired) electrons. The summed E-state index contributed by atoms with van der Waals surface area (Å²) in [5.74, 6) is -0.259. The third kappa shape index (κ3) is 4.57. The summed E-state index contributed by atoms with van der Waals surface area (Å²) in [6, 6.07) is 9.18. The first kappa shape index (κ1) is 21.6. The van der Waals surface area contributed by atoms with Crippen LogP contribution in [0.4, 0.5) is 5.69 Å². The maximum atomic E-state index is 13.3. The van der Waals surface area contributed by atoms with Crippen LogP contribution in [0.15, 0.2) is 46.0 Å². The Morgan fingerprint density at radius 1 is 1.24 bits per heavy atom. The second-order valence-electron chi connectivity index (χ2n) is 6.68. The molecule has 1 fully saturated rings. The lowest BCUT2D eigenvalue weighted by Crippen LogP contribution is -2.45. The van der Waals surface area contributed by atoms with Crippen LogP contribution in [0.5, 0.6) is 5.75 Å². The molecule has 0 bridgehead atoms. The average molecular weight is 459 g/mol. The Hall–Kier alpha value is -2.11. The number of para-hydroxylation sites is 2. The molecule has 1 aliphatic rings. The molecule has 0 spiro atoms. The summed E-state index contributed by atoms with van der Waals surface area (Å²) in [6.07, 6.45) is 0.344. The van der Waals surface area contributed by atoms with E-state index in [1.54, 1.807) is 35.7 Å². The maximum Gasteiger partial charge on any atom is 0.274 e. The van der Waals surface area contributed by atoms with E-state index in [4.69, 9.17) is 4.74 Å². The van der Waals surface area contributed by atoms with Gasteiger partial charge >= 0.3 is 0 Å². The van der Waals surface area contributed by atoms with E-state index in [0.29, 0.717) is 12.2 Å². The van der Waals surface area contributed by atoms with Crippen molar-refractivity contribution in [3.05, 3.63) is 41.8 Å². The van der Waals surface area contributed by atoms with Crippen LogP contribution >= 0.6 is 11.3 Å². The highest BCUT2D eigenvalue weighted by Gasteiger charge is 2.36. The number of rotatable bonds is 7. The number of nitrogens with zero attached hydrogens (tertiary/aromatic N) is 2. The van der Waals surface area contributed by atoms with Gasteiger partial charge in [-0.3, -0.25) is 9.10 Å². The van der Waals surface area contributed by atoms with Crippen LogP contribution in [0.3, 0.4) is 0 Å². The highest BCUT2D eigenvalue weighted by atomic mass is 32.2. The fourth-order valence-corrected chi connectivity index (χ4v) is 7.48. The Bertz CT molecular complexity index is 1080. The zero-order valence-corrected chi connectivity index (χ0v) is 18.5. The van der Waals surface area contributed by atoms with Crippen LogP contribution in [-0.2, 0) is 24.7 Å². The summed E-state index contributed by atoms with van der Waals surface area (Å²) >= 11 is 1.05. The van der Waals surface area contributed by atoms with Crippen LogP contribution in [0.1, 0.15) is 6.42 Å². The molecule has 29 heavy (non-hydrogen) atoms. The van der Waals surface area contributed by atoms with Crippen LogP contribution in [0.25, 0.3) is 0 Å². The number of benzene rings is 1. The number of hydrogen-bond donors (Lipinski definition) is 0. The van der Waals surface area contributed by atoms with Crippen molar-refractivity contribution < 1.29 is 26.4 Å². The van der Waals surface area contributed by atoms with E-state index in [-0.39, 0.29) is 21.4 Å². The molecule has 1 unspecified atom stereocenters. The molecule has 2 heterocycles. The second-order valence-corrected chi connectivity index (χ2v) is 11.9. The predicted molar refractivity (Wildman–Crippen MR) is 112 cm³/mol. The van der Waals surface area contributed by atoms with E-state index in [0.717, 1.165) is 15.6 Å². The zero-order valence-electron chi connectivity index (χ0n) is 16.0. The van der Waals surface area contributed by atoms with Gasteiger partial charge in [-0.05, 0) is 30.0 Å². The van der Waals surface area contributed by atoms with Gasteiger partial charge in [-0.2, -0.15) is 0 Å². The molecule has 158 valence electrons. The Kier molecular flexibility index (Phi) is 6.20. The summed E-state index contributed by atoms with van der Waals surface area (Å²) in [6.45, 7) is -0.465. The normalized spacial score (nSPS) is 18.3. The molecule has 1 aromatic heterocycles. The van der Waals surface area contributed by atoms with E-state index in [2.05, 4.69) is 0 Å². The van der Waals surface area contributed by atoms with E-state index < -0.39 is 38.4 Å². The zero-order chi connectivity index (χ0) is 21.2. The molecule has 2 aromatic rings. The molecule has 3 rings (SSSR count). The summed E-state index contributed by atoms with van der Waals surface area (Å²) < 4.78 is 56.4. The van der Waals surface area contributed by atoms with Crippen molar-refractivity contribution >= 4 is 42.8 Å². The van der Waals surface area contributed by atoms with Crippen LogP contribution < -0.4 is 9.04 Å². The van der Waals surface area contributed by atoms with Crippen LogP contribution in [0.2, 0.25) is 0 Å². The van der Waals surface area contributed by atoms with Crippen LogP contribution in [-0.4, -0.2) is 65.9 Å². The number of ether oxygens (including phenoxy) is 1. The molecule has 0 aliphatic carbocycles. The first-order chi connectivity index (χ1) is 13.7. The largest absolute Gasteiger partial charge is 0.495 e. The number of likely N-dealkylation sites (N-methyl/N-ethyl adjacent to an activating group) is 1. The van der Waals surface area contributed by atoms with Crippen LogP contribution in [0, 0.1) is 0 Å². The van der Waals surface area contributed by atoms with Gasteiger partial charge in [0, 0.05) is 13.1 Å². The van der Waals surface area contributed by atoms with Crippen molar-refractivity contribution in [3.63, 3.8) is 0 Å². The maximum absolute atomic E-state index is 13.3. The van der Waals surface area contributed by atoms with Gasteiger partial charge in [0.05, 0.1) is 24.3 Å². The smallest absolute Gasteiger partial charge is 0.274 e. The lowest BCUT2D eigenvalue weighted by Gasteiger charge is -2.29. The highest BCUT2D eigenvalue weighted by molar-refractivity contribution is 7.94. The third-order valence-corrected chi connectivity index (χ3v) is 9.70. The summed E-state index contributed by atoms with van der Waals surface area (Å²) in [5.41, 5.74) is 0.240. The number of methoxy groups -OCH3 is 1. The van der Waals surface area contributed by atoms with Gasteiger partial charge in [0.2, 0.25) is 5.91 Å². The Morgan fingerprint density at radius 3 is 2.55 bits per heavy atom. The molecule has 1 amide bonds. The SMILES string of the molecule is COc1ccccc1N(CC(=O)N(C)C1CCS(=O)(=O)C1)S(=O)(=O)c1cccs1. The molecular formula is C18H22N2O6S3. The van der Waals surface area contributed by atoms with Gasteiger partial charge in [0.1, 0.15) is 16.5 Å². The Balaban J connectivity index is 1.95. The lowest BCUT2D eigenvalue weighted by molar-refractivity contribution is -0.129. The number of thiophene rings is 1. The molecule has 0 saturated carbocycles. The molecule has 1 atom stereocenters. The first-order valence-electron chi connectivity index (χ1n) is 8.81. The van der Waals surface area contributed by atoms with Crippen molar-refractivity contribution in [3.8, 4) is 5.75 Å². The van der Waals surface area contributed by atoms with Gasteiger partial charge in [0.15, 0.2) is 9.84 Å². The predicted octanol–water partition coefficient (Wildman–Crippen LogP) is 1.60. The average Bonchev–Trinajstić information content (AvgIpc) is 3.35. The number of sulfonamides is 1. The van der Waals surface area contributed by atoms with E-state index in [9.17, 15) is 21.6 Å².